The maximum absolute atomic E-state index is 10.9. The molecule has 0 aromatic carbocycles. The molecule has 0 aliphatic carbocycles. The first-order valence-corrected chi connectivity index (χ1v) is 22.3. The maximum atomic E-state index is 10.9. The third-order valence-electron chi connectivity index (χ3n) is 8.32. The lowest BCUT2D eigenvalue weighted by Crippen LogP contribution is -2.47. The van der Waals surface area contributed by atoms with Crippen LogP contribution in [-0.2, 0) is 40.8 Å². The summed E-state index contributed by atoms with van der Waals surface area (Å²) in [6, 6.07) is 1.24. The van der Waals surface area contributed by atoms with E-state index in [2.05, 4.69) is 20.4 Å². The predicted octanol–water partition coefficient (Wildman–Crippen LogP) is -0.804. The molecule has 3 atom stereocenters. The van der Waals surface area contributed by atoms with Gasteiger partial charge in [0.15, 0.2) is 0 Å². The average molecular weight is 792 g/mol. The van der Waals surface area contributed by atoms with Gasteiger partial charge in [-0.25, -0.2) is 0 Å². The Morgan fingerprint density at radius 3 is 1.44 bits per heavy atom. The van der Waals surface area contributed by atoms with Gasteiger partial charge in [0, 0.05) is 140 Å². The van der Waals surface area contributed by atoms with E-state index in [1.165, 1.54) is 0 Å². The van der Waals surface area contributed by atoms with Crippen LogP contribution in [0.15, 0.2) is 0 Å². The molecule has 3 unspecified atom stereocenters. The summed E-state index contributed by atoms with van der Waals surface area (Å²) < 4.78 is 50.0. The summed E-state index contributed by atoms with van der Waals surface area (Å²) in [5.74, 6) is 0. The first-order chi connectivity index (χ1) is 24.8. The van der Waals surface area contributed by atoms with Crippen LogP contribution >= 0.6 is 0 Å². The zero-order chi connectivity index (χ0) is 39.3. The molecule has 0 aromatic rings. The largest absolute Gasteiger partial charge is 0.500 e. The van der Waals surface area contributed by atoms with Crippen molar-refractivity contribution in [2.24, 2.45) is 5.73 Å². The lowest BCUT2D eigenvalue weighted by molar-refractivity contribution is -0.0566. The van der Waals surface area contributed by atoms with E-state index >= 15 is 0 Å². The number of hydrogen-bond acceptors (Lipinski definition) is 17. The number of hydrogen-bond donors (Lipinski definition) is 6. The highest BCUT2D eigenvalue weighted by Crippen LogP contribution is 2.16. The lowest BCUT2D eigenvalue weighted by Gasteiger charge is -2.31. The monoisotopic (exact) mass is 792 g/mol. The fourth-order valence-electron chi connectivity index (χ4n) is 5.28. The van der Waals surface area contributed by atoms with Gasteiger partial charge in [0.25, 0.3) is 0 Å². The Balaban J connectivity index is 5.12. The van der Waals surface area contributed by atoms with Gasteiger partial charge in [-0.1, -0.05) is 0 Å². The van der Waals surface area contributed by atoms with Crippen LogP contribution < -0.4 is 16.4 Å². The third kappa shape index (κ3) is 25.8. The predicted molar refractivity (Wildman–Crippen MR) is 205 cm³/mol. The number of aliphatic hydroxyl groups excluding tert-OH is 3. The first-order valence-electron chi connectivity index (χ1n) is 18.5. The Bertz CT molecular complexity index is 803. The molecule has 0 amide bonds. The van der Waals surface area contributed by atoms with Crippen molar-refractivity contribution >= 4 is 17.6 Å². The van der Waals surface area contributed by atoms with Crippen LogP contribution in [0.25, 0.3) is 0 Å². The highest BCUT2D eigenvalue weighted by Gasteiger charge is 2.37. The van der Waals surface area contributed by atoms with Gasteiger partial charge in [-0.15, -0.1) is 0 Å². The fourth-order valence-corrected chi connectivity index (χ4v) is 8.66. The number of nitrogens with two attached hydrogens (primary N) is 1. The number of rotatable bonds is 37. The number of aliphatic hydroxyl groups is 3. The maximum Gasteiger partial charge on any atom is 0.500 e. The van der Waals surface area contributed by atoms with Crippen molar-refractivity contribution in [1.29, 1.82) is 0 Å². The van der Waals surface area contributed by atoms with E-state index in [-0.39, 0.29) is 25.4 Å². The second-order valence-electron chi connectivity index (χ2n) is 13.7. The first kappa shape index (κ1) is 51.8. The molecule has 0 rings (SSSR count). The van der Waals surface area contributed by atoms with Gasteiger partial charge < -0.3 is 72.5 Å². The summed E-state index contributed by atoms with van der Waals surface area (Å²) in [6.45, 7) is 13.9. The van der Waals surface area contributed by atoms with Crippen LogP contribution in [0.2, 0.25) is 12.1 Å². The molecule has 0 heterocycles. The number of ether oxygens (including phenoxy) is 3. The summed E-state index contributed by atoms with van der Waals surface area (Å²) >= 11 is 0. The lowest BCUT2D eigenvalue weighted by atomic mass is 10.2. The molecule has 17 nitrogen and oxygen atoms in total. The topological polar surface area (TPSA) is 200 Å². The Morgan fingerprint density at radius 2 is 1.02 bits per heavy atom. The van der Waals surface area contributed by atoms with Gasteiger partial charge in [-0.3, -0.25) is 9.80 Å². The van der Waals surface area contributed by atoms with Gasteiger partial charge in [-0.2, -0.15) is 0 Å². The van der Waals surface area contributed by atoms with Crippen molar-refractivity contribution in [3.8, 4) is 0 Å². The molecule has 0 aromatic heterocycles. The molecule has 0 saturated heterocycles. The van der Waals surface area contributed by atoms with E-state index in [9.17, 15) is 15.3 Å². The second kappa shape index (κ2) is 30.9. The summed E-state index contributed by atoms with van der Waals surface area (Å²) in [5.41, 5.74) is 5.31. The smallest absolute Gasteiger partial charge is 0.389 e. The van der Waals surface area contributed by atoms with Gasteiger partial charge in [0.1, 0.15) is 0 Å². The van der Waals surface area contributed by atoms with E-state index in [0.29, 0.717) is 97.0 Å². The molecule has 7 N–H and O–H groups in total. The zero-order valence-corrected chi connectivity index (χ0v) is 35.9. The van der Waals surface area contributed by atoms with Crippen LogP contribution in [0.4, 0.5) is 0 Å². The van der Waals surface area contributed by atoms with Gasteiger partial charge in [0.05, 0.1) is 43.7 Å². The van der Waals surface area contributed by atoms with E-state index in [1.54, 1.807) is 42.7 Å². The summed E-state index contributed by atoms with van der Waals surface area (Å²) in [6.07, 6.45) is -0.661. The minimum Gasteiger partial charge on any atom is -0.389 e. The van der Waals surface area contributed by atoms with Crippen molar-refractivity contribution in [3.63, 3.8) is 0 Å². The molecule has 0 radical (unpaired) electrons. The summed E-state index contributed by atoms with van der Waals surface area (Å²) in [7, 11) is 4.20. The van der Waals surface area contributed by atoms with Gasteiger partial charge in [0.2, 0.25) is 0 Å². The molecule has 0 saturated carbocycles. The van der Waals surface area contributed by atoms with Crippen molar-refractivity contribution in [2.75, 3.05) is 148 Å². The summed E-state index contributed by atoms with van der Waals surface area (Å²) in [4.78, 5) is 4.36. The molecule has 0 aliphatic heterocycles. The number of nitrogens with one attached hydrogen (secondary N) is 2. The normalized spacial score (nSPS) is 14.8. The minimum absolute atomic E-state index is 0.180. The average Bonchev–Trinajstić information content (AvgIpc) is 3.12. The summed E-state index contributed by atoms with van der Waals surface area (Å²) in [5, 5.41) is 38.8. The molecule has 19 heteroatoms. The van der Waals surface area contributed by atoms with Crippen LogP contribution in [0.1, 0.15) is 33.6 Å². The van der Waals surface area contributed by atoms with Crippen molar-refractivity contribution in [3.05, 3.63) is 0 Å². The molecule has 0 aliphatic rings. The molecular weight excluding hydrogens is 715 g/mol. The van der Waals surface area contributed by atoms with Crippen LogP contribution in [-0.4, -0.2) is 214 Å². The molecule has 52 heavy (non-hydrogen) atoms. The van der Waals surface area contributed by atoms with Crippen LogP contribution in [0.5, 0.6) is 0 Å². The van der Waals surface area contributed by atoms with E-state index < -0.39 is 35.9 Å². The molecule has 0 bridgehead atoms. The van der Waals surface area contributed by atoms with E-state index in [4.69, 9.17) is 46.5 Å². The Kier molecular flexibility index (Phi) is 30.8. The van der Waals surface area contributed by atoms with Crippen molar-refractivity contribution < 1.29 is 56.1 Å². The fraction of sp³-hybridized carbons (Fsp3) is 1.00. The highest BCUT2D eigenvalue weighted by molar-refractivity contribution is 6.60. The second-order valence-corrected chi connectivity index (χ2v) is 19.9. The standard InChI is InChI=1S/C33H77N5O12Si2/c1-33(2,3)50-29-32(41)26-37(16-14-35-13-12-34)18-19-38(25-31(40)28-49-21-11-23-52(45-7,46-8)47-9)17-15-36-24-30(39)27-48-20-10-22-51(42-4,43-5)44-6/h30-32,35-36,39-41H,10-29,34H2,1-9H3. The van der Waals surface area contributed by atoms with Crippen molar-refractivity contribution in [1.82, 2.24) is 20.4 Å². The van der Waals surface area contributed by atoms with E-state index in [0.717, 1.165) is 13.1 Å². The van der Waals surface area contributed by atoms with Crippen LogP contribution in [0.3, 0.4) is 0 Å². The third-order valence-corrected chi connectivity index (χ3v) is 14.0. The molecular formula is C33H77N5O12Si2. The Labute approximate surface area is 316 Å². The SMILES string of the molecule is CO[Si](CCCOCC(O)CNCCN(CCN(CCNCCN)CC(O)COC(C)(C)C)CC(O)COCCC[Si](OC)(OC)OC)(OC)OC. The molecule has 314 valence electrons. The quantitative estimate of drug-likeness (QED) is 0.0337. The van der Waals surface area contributed by atoms with E-state index in [1.807, 2.05) is 20.8 Å². The number of nitrogens with zero attached hydrogens (tertiary/aromatic N) is 2. The Hall–Kier alpha value is -0.246. The molecule has 0 spiro atoms. The molecule has 0 fully saturated rings. The zero-order valence-electron chi connectivity index (χ0n) is 33.9. The highest BCUT2D eigenvalue weighted by atomic mass is 28.4. The van der Waals surface area contributed by atoms with Crippen molar-refractivity contribution in [2.45, 2.75) is 69.6 Å². The van der Waals surface area contributed by atoms with Gasteiger partial charge in [-0.05, 0) is 33.6 Å². The van der Waals surface area contributed by atoms with Gasteiger partial charge >= 0.3 is 17.6 Å². The van der Waals surface area contributed by atoms with Crippen LogP contribution in [0, 0.1) is 0 Å². The minimum atomic E-state index is -2.67. The Morgan fingerprint density at radius 1 is 0.596 bits per heavy atom.